The fourth-order valence-electron chi connectivity index (χ4n) is 2.42. The van der Waals surface area contributed by atoms with Crippen LogP contribution in [0.3, 0.4) is 0 Å². The van der Waals surface area contributed by atoms with E-state index in [4.69, 9.17) is 4.74 Å². The van der Waals surface area contributed by atoms with Crippen molar-refractivity contribution in [3.63, 3.8) is 0 Å². The lowest BCUT2D eigenvalue weighted by atomic mass is 10.1. The highest BCUT2D eigenvalue weighted by molar-refractivity contribution is 9.10. The predicted molar refractivity (Wildman–Crippen MR) is 90.2 cm³/mol. The zero-order valence-electron chi connectivity index (χ0n) is 11.9. The molecule has 0 N–H and O–H groups in total. The molecule has 22 heavy (non-hydrogen) atoms. The number of ether oxygens (including phenoxy) is 1. The second-order valence-electron chi connectivity index (χ2n) is 5.13. The number of hydrogen-bond donors (Lipinski definition) is 0. The average molecular weight is 382 g/mol. The maximum absolute atomic E-state index is 12.6. The highest BCUT2D eigenvalue weighted by atomic mass is 79.9. The van der Waals surface area contributed by atoms with Crippen LogP contribution in [0.4, 0.5) is 5.69 Å². The summed E-state index contributed by atoms with van der Waals surface area (Å²) in [5.41, 5.74) is 2.54. The van der Waals surface area contributed by atoms with Crippen LogP contribution in [0.1, 0.15) is 11.1 Å². The first kappa shape index (κ1) is 15.5. The Hall–Kier alpha value is -1.37. The Balaban J connectivity index is 2.03. The van der Waals surface area contributed by atoms with Crippen LogP contribution in [0.2, 0.25) is 0 Å². The number of fused-ring (bicyclic) bond motifs is 1. The fraction of sp³-hybridized carbons (Fsp3) is 0.250. The molecular weight excluding hydrogens is 366 g/mol. The molecule has 3 rings (SSSR count). The topological polar surface area (TPSA) is 46.6 Å². The summed E-state index contributed by atoms with van der Waals surface area (Å²) in [4.78, 5) is 0. The molecule has 0 bridgehead atoms. The van der Waals surface area contributed by atoms with Crippen LogP contribution >= 0.6 is 15.9 Å². The third kappa shape index (κ3) is 3.34. The zero-order valence-corrected chi connectivity index (χ0v) is 14.3. The average Bonchev–Trinajstić information content (AvgIpc) is 2.50. The molecule has 4 nitrogen and oxygen atoms in total. The van der Waals surface area contributed by atoms with Crippen molar-refractivity contribution in [3.05, 3.63) is 64.1 Å². The standard InChI is InChI=1S/C16H16BrNO3S/c17-15-7-5-13(6-8-15)11-18-16-4-2-1-3-14(16)12-21-9-10-22(18,19)20/h1-8H,9-12H2. The first-order valence-corrected chi connectivity index (χ1v) is 9.37. The maximum Gasteiger partial charge on any atom is 0.237 e. The molecule has 2 aromatic rings. The summed E-state index contributed by atoms with van der Waals surface area (Å²) < 4.78 is 33.2. The summed E-state index contributed by atoms with van der Waals surface area (Å²) in [5.74, 6) is -0.00212. The summed E-state index contributed by atoms with van der Waals surface area (Å²) in [6.07, 6.45) is 0. The number of sulfonamides is 1. The molecule has 0 saturated heterocycles. The quantitative estimate of drug-likeness (QED) is 0.801. The van der Waals surface area contributed by atoms with E-state index >= 15 is 0 Å². The number of hydrogen-bond acceptors (Lipinski definition) is 3. The minimum absolute atomic E-state index is 0.00212. The molecule has 0 fully saturated rings. The lowest BCUT2D eigenvalue weighted by Crippen LogP contribution is -2.36. The molecule has 116 valence electrons. The van der Waals surface area contributed by atoms with Gasteiger partial charge in [-0.15, -0.1) is 0 Å². The predicted octanol–water partition coefficient (Wildman–Crippen LogP) is 3.32. The summed E-state index contributed by atoms with van der Waals surface area (Å²) in [6, 6.07) is 15.2. The molecule has 1 aliphatic heterocycles. The Kier molecular flexibility index (Phi) is 4.52. The molecule has 0 amide bonds. The van der Waals surface area contributed by atoms with Gasteiger partial charge in [0, 0.05) is 10.0 Å². The van der Waals surface area contributed by atoms with E-state index in [1.54, 1.807) is 0 Å². The molecule has 1 aliphatic rings. The number of benzene rings is 2. The molecule has 0 spiro atoms. The molecule has 2 aromatic carbocycles. The highest BCUT2D eigenvalue weighted by Gasteiger charge is 2.26. The van der Waals surface area contributed by atoms with Crippen LogP contribution in [0.25, 0.3) is 0 Å². The van der Waals surface area contributed by atoms with Gasteiger partial charge in [-0.05, 0) is 23.8 Å². The third-order valence-electron chi connectivity index (χ3n) is 3.58. The van der Waals surface area contributed by atoms with E-state index < -0.39 is 10.0 Å². The van der Waals surface area contributed by atoms with Gasteiger partial charge in [-0.3, -0.25) is 4.31 Å². The van der Waals surface area contributed by atoms with Crippen molar-refractivity contribution in [2.75, 3.05) is 16.7 Å². The van der Waals surface area contributed by atoms with Gasteiger partial charge in [-0.1, -0.05) is 46.3 Å². The number of para-hydroxylation sites is 1. The van der Waals surface area contributed by atoms with Gasteiger partial charge in [0.1, 0.15) is 0 Å². The molecule has 0 saturated carbocycles. The Labute approximate surface area is 138 Å². The van der Waals surface area contributed by atoms with E-state index in [2.05, 4.69) is 15.9 Å². The van der Waals surface area contributed by atoms with Crippen molar-refractivity contribution in [2.24, 2.45) is 0 Å². The van der Waals surface area contributed by atoms with E-state index in [9.17, 15) is 8.42 Å². The van der Waals surface area contributed by atoms with Crippen LogP contribution in [0.5, 0.6) is 0 Å². The van der Waals surface area contributed by atoms with E-state index in [1.165, 1.54) is 4.31 Å². The summed E-state index contributed by atoms with van der Waals surface area (Å²) in [6.45, 7) is 0.975. The second kappa shape index (κ2) is 6.40. The molecule has 0 aromatic heterocycles. The monoisotopic (exact) mass is 381 g/mol. The van der Waals surface area contributed by atoms with Gasteiger partial charge in [0.05, 0.1) is 31.2 Å². The van der Waals surface area contributed by atoms with Gasteiger partial charge in [0.15, 0.2) is 0 Å². The summed E-state index contributed by atoms with van der Waals surface area (Å²) in [7, 11) is -3.41. The lowest BCUT2D eigenvalue weighted by Gasteiger charge is -2.28. The molecule has 0 radical (unpaired) electrons. The number of nitrogens with zero attached hydrogens (tertiary/aromatic N) is 1. The Bertz CT molecular complexity index is 759. The van der Waals surface area contributed by atoms with Crippen molar-refractivity contribution in [1.29, 1.82) is 0 Å². The minimum Gasteiger partial charge on any atom is -0.376 e. The summed E-state index contributed by atoms with van der Waals surface area (Å²) in [5, 5.41) is 0. The largest absolute Gasteiger partial charge is 0.376 e. The van der Waals surface area contributed by atoms with Crippen LogP contribution < -0.4 is 4.31 Å². The molecule has 0 atom stereocenters. The maximum atomic E-state index is 12.6. The van der Waals surface area contributed by atoms with Gasteiger partial charge >= 0.3 is 0 Å². The van der Waals surface area contributed by atoms with Gasteiger partial charge in [-0.25, -0.2) is 8.42 Å². The number of halogens is 1. The van der Waals surface area contributed by atoms with E-state index in [1.807, 2.05) is 48.5 Å². The van der Waals surface area contributed by atoms with Gasteiger partial charge in [-0.2, -0.15) is 0 Å². The van der Waals surface area contributed by atoms with Crippen LogP contribution in [-0.2, 0) is 27.9 Å². The fourth-order valence-corrected chi connectivity index (χ4v) is 4.06. The highest BCUT2D eigenvalue weighted by Crippen LogP contribution is 2.28. The zero-order chi connectivity index (χ0) is 15.6. The van der Waals surface area contributed by atoms with Crippen molar-refractivity contribution in [1.82, 2.24) is 0 Å². The molecule has 1 heterocycles. The van der Waals surface area contributed by atoms with Crippen LogP contribution in [-0.4, -0.2) is 20.8 Å². The van der Waals surface area contributed by atoms with Crippen molar-refractivity contribution >= 4 is 31.6 Å². The van der Waals surface area contributed by atoms with Gasteiger partial charge in [0.25, 0.3) is 0 Å². The van der Waals surface area contributed by atoms with Crippen LogP contribution in [0.15, 0.2) is 53.0 Å². The number of rotatable bonds is 2. The molecule has 0 unspecified atom stereocenters. The van der Waals surface area contributed by atoms with Crippen LogP contribution in [0, 0.1) is 0 Å². The number of anilines is 1. The van der Waals surface area contributed by atoms with Crippen molar-refractivity contribution < 1.29 is 13.2 Å². The second-order valence-corrected chi connectivity index (χ2v) is 8.06. The molecular formula is C16H16BrNO3S. The van der Waals surface area contributed by atoms with E-state index in [0.717, 1.165) is 15.6 Å². The smallest absolute Gasteiger partial charge is 0.237 e. The van der Waals surface area contributed by atoms with Gasteiger partial charge < -0.3 is 4.74 Å². The normalized spacial score (nSPS) is 17.4. The molecule has 6 heteroatoms. The van der Waals surface area contributed by atoms with Crippen molar-refractivity contribution in [3.8, 4) is 0 Å². The first-order chi connectivity index (χ1) is 10.6. The Morgan fingerprint density at radius 3 is 2.59 bits per heavy atom. The minimum atomic E-state index is -3.41. The Morgan fingerprint density at radius 2 is 1.82 bits per heavy atom. The van der Waals surface area contributed by atoms with E-state index in [0.29, 0.717) is 18.8 Å². The third-order valence-corrected chi connectivity index (χ3v) is 5.79. The summed E-state index contributed by atoms with van der Waals surface area (Å²) >= 11 is 3.39. The Morgan fingerprint density at radius 1 is 1.09 bits per heavy atom. The van der Waals surface area contributed by atoms with Gasteiger partial charge in [0.2, 0.25) is 10.0 Å². The van der Waals surface area contributed by atoms with E-state index in [-0.39, 0.29) is 12.4 Å². The SMILES string of the molecule is O=S1(=O)CCOCc2ccccc2N1Cc1ccc(Br)cc1. The molecule has 0 aliphatic carbocycles. The lowest BCUT2D eigenvalue weighted by molar-refractivity contribution is 0.135. The first-order valence-electron chi connectivity index (χ1n) is 6.97. The van der Waals surface area contributed by atoms with Crippen molar-refractivity contribution in [2.45, 2.75) is 13.2 Å².